The number of hydrogen-bond acceptors (Lipinski definition) is 6. The maximum absolute atomic E-state index is 12.6. The summed E-state index contributed by atoms with van der Waals surface area (Å²) in [5, 5.41) is 4.12. The standard InChI is InChI=1S/C22H31N3O4S/c1-22(2,3)15-4-5-17-16(12-15)20(29-23-17)14-6-9-24(10-7-14)18(26)8-11-25-19(27)13-30-21(25)28/h14-15H,4-13H2,1-3H3/t15-/m1/s1. The molecular formula is C22H31N3O4S. The minimum absolute atomic E-state index is 0.0124. The fourth-order valence-electron chi connectivity index (χ4n) is 4.84. The Balaban J connectivity index is 1.32. The van der Waals surface area contributed by atoms with E-state index in [4.69, 9.17) is 4.52 Å². The number of piperidine rings is 1. The topological polar surface area (TPSA) is 83.7 Å². The molecule has 0 saturated carbocycles. The van der Waals surface area contributed by atoms with Gasteiger partial charge in [-0.3, -0.25) is 19.3 Å². The Kier molecular flexibility index (Phi) is 5.97. The van der Waals surface area contributed by atoms with Crippen LogP contribution in [-0.4, -0.2) is 57.4 Å². The minimum Gasteiger partial charge on any atom is -0.361 e. The van der Waals surface area contributed by atoms with Crippen LogP contribution in [0.4, 0.5) is 4.79 Å². The van der Waals surface area contributed by atoms with Gasteiger partial charge < -0.3 is 9.42 Å². The molecule has 3 amide bonds. The van der Waals surface area contributed by atoms with E-state index < -0.39 is 0 Å². The van der Waals surface area contributed by atoms with Crippen molar-refractivity contribution >= 4 is 28.8 Å². The lowest BCUT2D eigenvalue weighted by Gasteiger charge is -2.35. The zero-order chi connectivity index (χ0) is 21.5. The quantitative estimate of drug-likeness (QED) is 0.721. The average Bonchev–Trinajstić information content (AvgIpc) is 3.28. The lowest BCUT2D eigenvalue weighted by molar-refractivity contribution is -0.133. The van der Waals surface area contributed by atoms with Crippen LogP contribution in [0, 0.1) is 11.3 Å². The molecule has 7 nitrogen and oxygen atoms in total. The Morgan fingerprint density at radius 1 is 1.20 bits per heavy atom. The molecule has 1 aromatic rings. The second kappa shape index (κ2) is 8.36. The van der Waals surface area contributed by atoms with Crippen molar-refractivity contribution in [2.24, 2.45) is 11.3 Å². The molecule has 30 heavy (non-hydrogen) atoms. The van der Waals surface area contributed by atoms with Crippen LogP contribution in [0.2, 0.25) is 0 Å². The van der Waals surface area contributed by atoms with E-state index in [2.05, 4.69) is 25.9 Å². The molecule has 8 heteroatoms. The largest absolute Gasteiger partial charge is 0.361 e. The van der Waals surface area contributed by atoms with Crippen molar-refractivity contribution in [3.63, 3.8) is 0 Å². The summed E-state index contributed by atoms with van der Waals surface area (Å²) < 4.78 is 5.81. The zero-order valence-corrected chi connectivity index (χ0v) is 18.9. The Hall–Kier alpha value is -1.83. The third-order valence-electron chi connectivity index (χ3n) is 6.91. The maximum atomic E-state index is 12.6. The molecule has 0 radical (unpaired) electrons. The smallest absolute Gasteiger partial charge is 0.288 e. The van der Waals surface area contributed by atoms with Crippen LogP contribution in [-0.2, 0) is 22.4 Å². The van der Waals surface area contributed by atoms with Gasteiger partial charge in [0.15, 0.2) is 0 Å². The summed E-state index contributed by atoms with van der Waals surface area (Å²) >= 11 is 1.01. The van der Waals surface area contributed by atoms with Gasteiger partial charge in [0.05, 0.1) is 11.4 Å². The molecule has 2 fully saturated rings. The van der Waals surface area contributed by atoms with Crippen molar-refractivity contribution in [3.8, 4) is 0 Å². The number of aromatic nitrogens is 1. The zero-order valence-electron chi connectivity index (χ0n) is 18.1. The van der Waals surface area contributed by atoms with Gasteiger partial charge in [-0.25, -0.2) is 0 Å². The lowest BCUT2D eigenvalue weighted by Crippen LogP contribution is -2.40. The highest BCUT2D eigenvalue weighted by Crippen LogP contribution is 2.41. The monoisotopic (exact) mass is 433 g/mol. The van der Waals surface area contributed by atoms with Gasteiger partial charge in [0.1, 0.15) is 5.76 Å². The van der Waals surface area contributed by atoms with Crippen molar-refractivity contribution in [1.82, 2.24) is 15.0 Å². The van der Waals surface area contributed by atoms with Crippen LogP contribution >= 0.6 is 11.8 Å². The van der Waals surface area contributed by atoms with Gasteiger partial charge in [-0.2, -0.15) is 0 Å². The first-order valence-corrected chi connectivity index (χ1v) is 11.9. The van der Waals surface area contributed by atoms with Crippen molar-refractivity contribution in [1.29, 1.82) is 0 Å². The molecule has 4 rings (SSSR count). The Morgan fingerprint density at radius 3 is 2.57 bits per heavy atom. The number of amides is 3. The fourth-order valence-corrected chi connectivity index (χ4v) is 5.60. The first kappa shape index (κ1) is 21.4. The van der Waals surface area contributed by atoms with Crippen LogP contribution in [0.25, 0.3) is 0 Å². The molecule has 0 spiro atoms. The molecule has 164 valence electrons. The predicted molar refractivity (Wildman–Crippen MR) is 114 cm³/mol. The molecular weight excluding hydrogens is 402 g/mol. The molecule has 2 saturated heterocycles. The van der Waals surface area contributed by atoms with Crippen LogP contribution in [0.5, 0.6) is 0 Å². The highest BCUT2D eigenvalue weighted by molar-refractivity contribution is 8.14. The number of aryl methyl sites for hydroxylation is 1. The van der Waals surface area contributed by atoms with Gasteiger partial charge in [-0.1, -0.05) is 37.7 Å². The normalized spacial score (nSPS) is 23.2. The van der Waals surface area contributed by atoms with Crippen LogP contribution in [0.3, 0.4) is 0 Å². The fraction of sp³-hybridized carbons (Fsp3) is 0.727. The van der Waals surface area contributed by atoms with Gasteiger partial charge >= 0.3 is 0 Å². The average molecular weight is 434 g/mol. The molecule has 3 heterocycles. The highest BCUT2D eigenvalue weighted by atomic mass is 32.2. The van der Waals surface area contributed by atoms with E-state index in [1.807, 2.05) is 4.90 Å². The van der Waals surface area contributed by atoms with E-state index in [0.717, 1.165) is 55.3 Å². The van der Waals surface area contributed by atoms with E-state index in [-0.39, 0.29) is 41.2 Å². The number of nitrogens with zero attached hydrogens (tertiary/aromatic N) is 3. The molecule has 1 atom stereocenters. The summed E-state index contributed by atoms with van der Waals surface area (Å²) in [5.41, 5.74) is 2.72. The predicted octanol–water partition coefficient (Wildman–Crippen LogP) is 3.62. The molecule has 1 aliphatic carbocycles. The van der Waals surface area contributed by atoms with Crippen molar-refractivity contribution < 1.29 is 18.9 Å². The Bertz CT molecular complexity index is 820. The number of likely N-dealkylation sites (tertiary alicyclic amines) is 1. The van der Waals surface area contributed by atoms with E-state index in [1.54, 1.807) is 0 Å². The minimum atomic E-state index is -0.241. The third kappa shape index (κ3) is 4.29. The number of rotatable bonds is 4. The molecule has 0 unspecified atom stereocenters. The summed E-state index contributed by atoms with van der Waals surface area (Å²) in [6.07, 6.45) is 5.12. The van der Waals surface area contributed by atoms with Gasteiger partial charge in [0.2, 0.25) is 11.8 Å². The van der Waals surface area contributed by atoms with Gasteiger partial charge in [0.25, 0.3) is 5.24 Å². The van der Waals surface area contributed by atoms with Crippen molar-refractivity contribution in [2.75, 3.05) is 25.4 Å². The maximum Gasteiger partial charge on any atom is 0.288 e. The first-order chi connectivity index (χ1) is 14.2. The number of thioether (sulfide) groups is 1. The van der Waals surface area contributed by atoms with E-state index in [1.165, 1.54) is 10.5 Å². The van der Waals surface area contributed by atoms with Crippen LogP contribution in [0.1, 0.15) is 69.4 Å². The third-order valence-corrected chi connectivity index (χ3v) is 7.77. The summed E-state index contributed by atoms with van der Waals surface area (Å²) in [4.78, 5) is 39.0. The number of hydrogen-bond donors (Lipinski definition) is 0. The van der Waals surface area contributed by atoms with Crippen LogP contribution in [0.15, 0.2) is 4.52 Å². The molecule has 0 N–H and O–H groups in total. The molecule has 0 bridgehead atoms. The number of carbonyl (C=O) groups is 3. The Morgan fingerprint density at radius 2 is 1.93 bits per heavy atom. The highest BCUT2D eigenvalue weighted by Gasteiger charge is 2.36. The molecule has 3 aliphatic rings. The summed E-state index contributed by atoms with van der Waals surface area (Å²) in [6.45, 7) is 8.47. The van der Waals surface area contributed by atoms with Gasteiger partial charge in [-0.05, 0) is 43.4 Å². The van der Waals surface area contributed by atoms with E-state index in [9.17, 15) is 14.4 Å². The molecule has 1 aromatic heterocycles. The lowest BCUT2D eigenvalue weighted by atomic mass is 9.71. The SMILES string of the molecule is CC(C)(C)[C@@H]1CCc2noc(C3CCN(C(=O)CCN4C(=O)CSC4=O)CC3)c2C1. The van der Waals surface area contributed by atoms with E-state index >= 15 is 0 Å². The first-order valence-electron chi connectivity index (χ1n) is 11.0. The second-order valence-electron chi connectivity index (χ2n) is 9.78. The van der Waals surface area contributed by atoms with Gasteiger partial charge in [-0.15, -0.1) is 0 Å². The van der Waals surface area contributed by atoms with Crippen molar-refractivity contribution in [2.45, 2.75) is 65.2 Å². The Labute approximate surface area is 181 Å². The summed E-state index contributed by atoms with van der Waals surface area (Å²) in [7, 11) is 0. The molecule has 0 aromatic carbocycles. The summed E-state index contributed by atoms with van der Waals surface area (Å²) in [6, 6.07) is 0. The number of imide groups is 1. The molecule has 2 aliphatic heterocycles. The van der Waals surface area contributed by atoms with Crippen molar-refractivity contribution in [3.05, 3.63) is 17.0 Å². The van der Waals surface area contributed by atoms with E-state index in [0.29, 0.717) is 24.9 Å². The summed E-state index contributed by atoms with van der Waals surface area (Å²) in [5.74, 6) is 1.99. The second-order valence-corrected chi connectivity index (χ2v) is 10.7. The number of fused-ring (bicyclic) bond motifs is 1. The number of carbonyl (C=O) groups excluding carboxylic acids is 3. The van der Waals surface area contributed by atoms with Crippen LogP contribution < -0.4 is 0 Å². The van der Waals surface area contributed by atoms with Gasteiger partial charge in [0, 0.05) is 37.5 Å².